The van der Waals surface area contributed by atoms with E-state index >= 15 is 0 Å². The molecule has 1 rings (SSSR count). The second-order valence-corrected chi connectivity index (χ2v) is 2.41. The summed E-state index contributed by atoms with van der Waals surface area (Å²) >= 11 is 0. The van der Waals surface area contributed by atoms with Crippen LogP contribution in [0.25, 0.3) is 0 Å². The number of hydrogen-bond donors (Lipinski definition) is 0. The van der Waals surface area contributed by atoms with Gasteiger partial charge in [-0.3, -0.25) is 0 Å². The summed E-state index contributed by atoms with van der Waals surface area (Å²) in [4.78, 5) is 3.51. The molecule has 0 unspecified atom stereocenters. The number of ether oxygens (including phenoxy) is 1. The van der Waals surface area contributed by atoms with Crippen LogP contribution in [0.5, 0.6) is 5.88 Å². The van der Waals surface area contributed by atoms with E-state index in [1.54, 1.807) is 6.92 Å². The van der Waals surface area contributed by atoms with E-state index in [-0.39, 0.29) is 12.5 Å². The van der Waals surface area contributed by atoms with Crippen LogP contribution in [0.1, 0.15) is 6.92 Å². The van der Waals surface area contributed by atoms with Gasteiger partial charge in [0.15, 0.2) is 5.88 Å². The zero-order chi connectivity index (χ0) is 9.90. The fraction of sp³-hybridized carbons (Fsp3) is 0.286. The summed E-state index contributed by atoms with van der Waals surface area (Å²) in [7, 11) is 0. The second-order valence-electron chi connectivity index (χ2n) is 2.41. The van der Waals surface area contributed by atoms with Gasteiger partial charge in [0.05, 0.1) is 6.61 Å². The average Bonchev–Trinajstić information content (AvgIpc) is 2.04. The van der Waals surface area contributed by atoms with Crippen LogP contribution in [0.2, 0.25) is 0 Å². The molecule has 6 heteroatoms. The van der Waals surface area contributed by atoms with E-state index in [4.69, 9.17) is 4.74 Å². The first kappa shape index (κ1) is 9.89. The molecule has 0 atom stereocenters. The zero-order valence-corrected chi connectivity index (χ0v) is 7.01. The van der Waals surface area contributed by atoms with Crippen LogP contribution < -0.4 is 10.2 Å². The molecule has 0 saturated heterocycles. The molecule has 0 aliphatic carbocycles. The van der Waals surface area contributed by atoms with E-state index in [2.05, 4.69) is 4.98 Å². The van der Waals surface area contributed by atoms with Gasteiger partial charge in [0.1, 0.15) is 0 Å². The van der Waals surface area contributed by atoms with Crippen LogP contribution >= 0.6 is 0 Å². The van der Waals surface area contributed by atoms with Crippen LogP contribution in [0.4, 0.5) is 12.9 Å². The van der Waals surface area contributed by atoms with Crippen molar-refractivity contribution in [3.63, 3.8) is 0 Å². The number of rotatable bonds is 3. The first-order valence-electron chi connectivity index (χ1n) is 3.83. The topological polar surface area (TPSA) is 22.1 Å². The first-order chi connectivity index (χ1) is 6.05. The highest BCUT2D eigenvalue weighted by molar-refractivity contribution is 6.74. The van der Waals surface area contributed by atoms with E-state index in [0.717, 1.165) is 6.07 Å². The van der Waals surface area contributed by atoms with Crippen molar-refractivity contribution >= 4 is 12.4 Å². The standard InChI is InChI=1S/C7H8BF3NO/c1-2-13-7-6(8(9,10)11)4-3-5-12-7/h3-5H,2H2,1H3/q-1. The highest BCUT2D eigenvalue weighted by Gasteiger charge is 2.29. The van der Waals surface area contributed by atoms with Gasteiger partial charge in [0.25, 0.3) is 0 Å². The molecule has 13 heavy (non-hydrogen) atoms. The van der Waals surface area contributed by atoms with E-state index in [0.29, 0.717) is 0 Å². The van der Waals surface area contributed by atoms with Crippen LogP contribution in [0.15, 0.2) is 18.3 Å². The van der Waals surface area contributed by atoms with Gasteiger partial charge >= 0.3 is 6.98 Å². The number of hydrogen-bond acceptors (Lipinski definition) is 2. The fourth-order valence-electron chi connectivity index (χ4n) is 0.910. The van der Waals surface area contributed by atoms with Crippen LogP contribution in [-0.4, -0.2) is 18.6 Å². The Morgan fingerprint density at radius 3 is 2.69 bits per heavy atom. The molecule has 2 nitrogen and oxygen atoms in total. The summed E-state index contributed by atoms with van der Waals surface area (Å²) in [6.45, 7) is -3.24. The molecular weight excluding hydrogens is 182 g/mol. The molecule has 0 radical (unpaired) electrons. The zero-order valence-electron chi connectivity index (χ0n) is 7.01. The van der Waals surface area contributed by atoms with Gasteiger partial charge in [0, 0.05) is 6.20 Å². The van der Waals surface area contributed by atoms with E-state index < -0.39 is 12.4 Å². The molecule has 0 amide bonds. The number of pyridine rings is 1. The molecule has 1 heterocycles. The smallest absolute Gasteiger partial charge is 0.480 e. The molecule has 0 bridgehead atoms. The maximum atomic E-state index is 12.3. The number of aromatic nitrogens is 1. The van der Waals surface area contributed by atoms with E-state index in [1.165, 1.54) is 12.3 Å². The van der Waals surface area contributed by atoms with Crippen LogP contribution in [0.3, 0.4) is 0 Å². The van der Waals surface area contributed by atoms with Gasteiger partial charge in [-0.1, -0.05) is 6.07 Å². The monoisotopic (exact) mass is 190 g/mol. The van der Waals surface area contributed by atoms with Gasteiger partial charge in [-0.15, -0.1) is 0 Å². The lowest BCUT2D eigenvalue weighted by Gasteiger charge is -2.17. The van der Waals surface area contributed by atoms with Gasteiger partial charge < -0.3 is 17.7 Å². The van der Waals surface area contributed by atoms with Crippen molar-refractivity contribution in [3.05, 3.63) is 18.3 Å². The molecule has 0 aliphatic rings. The fourth-order valence-corrected chi connectivity index (χ4v) is 0.910. The lowest BCUT2D eigenvalue weighted by molar-refractivity contribution is 0.327. The first-order valence-corrected chi connectivity index (χ1v) is 3.83. The molecule has 0 spiro atoms. The minimum Gasteiger partial charge on any atom is -0.480 e. The third-order valence-corrected chi connectivity index (χ3v) is 1.43. The maximum Gasteiger partial charge on any atom is 0.514 e. The van der Waals surface area contributed by atoms with Crippen molar-refractivity contribution in [2.75, 3.05) is 6.61 Å². The molecule has 1 aromatic heterocycles. The molecule has 0 N–H and O–H groups in total. The quantitative estimate of drug-likeness (QED) is 0.674. The third-order valence-electron chi connectivity index (χ3n) is 1.43. The molecule has 0 fully saturated rings. The Bertz CT molecular complexity index is 289. The van der Waals surface area contributed by atoms with Crippen molar-refractivity contribution < 1.29 is 17.7 Å². The van der Waals surface area contributed by atoms with Crippen molar-refractivity contribution in [1.82, 2.24) is 4.98 Å². The van der Waals surface area contributed by atoms with Crippen molar-refractivity contribution in [1.29, 1.82) is 0 Å². The number of nitrogens with zero attached hydrogens (tertiary/aromatic N) is 1. The van der Waals surface area contributed by atoms with Crippen molar-refractivity contribution in [3.8, 4) is 5.88 Å². The summed E-state index contributed by atoms with van der Waals surface area (Å²) in [6.07, 6.45) is 1.27. The summed E-state index contributed by atoms with van der Waals surface area (Å²) < 4.78 is 41.7. The predicted molar refractivity (Wildman–Crippen MR) is 44.1 cm³/mol. The maximum absolute atomic E-state index is 12.3. The largest absolute Gasteiger partial charge is 0.514 e. The molecular formula is C7H8BF3NO-. The van der Waals surface area contributed by atoms with E-state index in [1.807, 2.05) is 0 Å². The van der Waals surface area contributed by atoms with Crippen LogP contribution in [-0.2, 0) is 0 Å². The van der Waals surface area contributed by atoms with Gasteiger partial charge in [-0.2, -0.15) is 0 Å². The molecule has 0 aromatic carbocycles. The SMILES string of the molecule is CCOc1ncccc1[B-](F)(F)F. The summed E-state index contributed by atoms with van der Waals surface area (Å²) in [5.41, 5.74) is -0.774. The minimum atomic E-state index is -5.03. The molecule has 0 saturated carbocycles. The Hall–Kier alpha value is -1.20. The Morgan fingerprint density at radius 2 is 2.15 bits per heavy atom. The predicted octanol–water partition coefficient (Wildman–Crippen LogP) is 1.53. The Kier molecular flexibility index (Phi) is 2.80. The second kappa shape index (κ2) is 3.68. The Morgan fingerprint density at radius 1 is 1.46 bits per heavy atom. The summed E-state index contributed by atoms with van der Waals surface area (Å²) in [5.74, 6) is -0.336. The van der Waals surface area contributed by atoms with Gasteiger partial charge in [-0.25, -0.2) is 4.98 Å². The number of halogens is 3. The molecule has 0 aliphatic heterocycles. The Labute approximate surface area is 73.8 Å². The summed E-state index contributed by atoms with van der Waals surface area (Å²) in [5, 5.41) is 0. The highest BCUT2D eigenvalue weighted by Crippen LogP contribution is 2.14. The molecule has 72 valence electrons. The summed E-state index contributed by atoms with van der Waals surface area (Å²) in [6, 6.07) is 2.21. The van der Waals surface area contributed by atoms with Crippen LogP contribution in [0, 0.1) is 0 Å². The normalized spacial score (nSPS) is 11.4. The van der Waals surface area contributed by atoms with Gasteiger partial charge in [0.2, 0.25) is 0 Å². The molecule has 1 aromatic rings. The van der Waals surface area contributed by atoms with Crippen molar-refractivity contribution in [2.45, 2.75) is 6.92 Å². The minimum absolute atomic E-state index is 0.177. The average molecular weight is 190 g/mol. The lowest BCUT2D eigenvalue weighted by atomic mass is 9.81. The van der Waals surface area contributed by atoms with E-state index in [9.17, 15) is 12.9 Å². The van der Waals surface area contributed by atoms with Gasteiger partial charge in [-0.05, 0) is 18.5 Å². The van der Waals surface area contributed by atoms with Crippen molar-refractivity contribution in [2.24, 2.45) is 0 Å². The lowest BCUT2D eigenvalue weighted by Crippen LogP contribution is -2.35. The Balaban J connectivity index is 3.05. The highest BCUT2D eigenvalue weighted by atomic mass is 19.4. The third kappa shape index (κ3) is 2.37.